The van der Waals surface area contributed by atoms with Crippen molar-refractivity contribution in [3.63, 3.8) is 0 Å². The van der Waals surface area contributed by atoms with Crippen LogP contribution in [0.1, 0.15) is 51.4 Å². The Labute approximate surface area is 110 Å². The monoisotopic (exact) mass is 250 g/mol. The van der Waals surface area contributed by atoms with E-state index in [-0.39, 0.29) is 0 Å². The Hall–Kier alpha value is -0.160. The van der Waals surface area contributed by atoms with Gasteiger partial charge in [-0.15, -0.1) is 0 Å². The van der Waals surface area contributed by atoms with Gasteiger partial charge in [0.1, 0.15) is 0 Å². The first kappa shape index (κ1) is 11.6. The Morgan fingerprint density at radius 1 is 0.444 bits per heavy atom. The third-order valence-corrected chi connectivity index (χ3v) is 5.44. The van der Waals surface area contributed by atoms with Crippen LogP contribution in [0, 0.1) is 0 Å². The van der Waals surface area contributed by atoms with Crippen LogP contribution in [0.5, 0.6) is 0 Å². The SMILES string of the molecule is C1CC[C@@H]2NC3N[C@H]4CCCC[C@@H]4NC3N[C@H]2C1. The van der Waals surface area contributed by atoms with E-state index in [1.54, 1.807) is 0 Å². The Morgan fingerprint density at radius 3 is 1.00 bits per heavy atom. The van der Waals surface area contributed by atoms with Gasteiger partial charge in [-0.25, -0.2) is 0 Å². The molecule has 0 unspecified atom stereocenters. The van der Waals surface area contributed by atoms with E-state index >= 15 is 0 Å². The van der Waals surface area contributed by atoms with Gasteiger partial charge in [0.2, 0.25) is 0 Å². The van der Waals surface area contributed by atoms with Gasteiger partial charge in [0.15, 0.2) is 0 Å². The van der Waals surface area contributed by atoms with Gasteiger partial charge in [-0.3, -0.25) is 21.3 Å². The van der Waals surface area contributed by atoms with Gasteiger partial charge in [-0.2, -0.15) is 0 Å². The first-order chi connectivity index (χ1) is 8.90. The average molecular weight is 250 g/mol. The summed E-state index contributed by atoms with van der Waals surface area (Å²) in [5, 5.41) is 15.4. The Bertz CT molecular complexity index is 250. The number of hydrogen-bond donors (Lipinski definition) is 4. The van der Waals surface area contributed by atoms with Crippen molar-refractivity contribution in [2.45, 2.75) is 87.9 Å². The average Bonchev–Trinajstić information content (AvgIpc) is 2.42. The zero-order chi connectivity index (χ0) is 11.9. The van der Waals surface area contributed by atoms with Crippen molar-refractivity contribution in [1.82, 2.24) is 21.3 Å². The molecule has 4 heteroatoms. The highest BCUT2D eigenvalue weighted by molar-refractivity contribution is 5.04. The third-order valence-electron chi connectivity index (χ3n) is 5.44. The predicted octanol–water partition coefficient (Wildman–Crippen LogP) is 0.647. The van der Waals surface area contributed by atoms with Crippen LogP contribution in [0.2, 0.25) is 0 Å². The van der Waals surface area contributed by atoms with E-state index in [9.17, 15) is 0 Å². The van der Waals surface area contributed by atoms with Crippen LogP contribution in [0.15, 0.2) is 0 Å². The fourth-order valence-corrected chi connectivity index (χ4v) is 4.46. The molecule has 4 atom stereocenters. The van der Waals surface area contributed by atoms with Crippen LogP contribution in [-0.2, 0) is 0 Å². The van der Waals surface area contributed by atoms with E-state index in [0.717, 1.165) is 0 Å². The second-order valence-electron chi connectivity index (χ2n) is 6.62. The van der Waals surface area contributed by atoms with Crippen molar-refractivity contribution in [2.24, 2.45) is 0 Å². The quantitative estimate of drug-likeness (QED) is 0.510. The van der Waals surface area contributed by atoms with E-state index < -0.39 is 0 Å². The van der Waals surface area contributed by atoms with E-state index in [0.29, 0.717) is 36.5 Å². The minimum absolute atomic E-state index is 0.434. The summed E-state index contributed by atoms with van der Waals surface area (Å²) >= 11 is 0. The first-order valence-corrected chi connectivity index (χ1v) is 7.94. The van der Waals surface area contributed by atoms with Crippen molar-refractivity contribution in [3.05, 3.63) is 0 Å². The highest BCUT2D eigenvalue weighted by Gasteiger charge is 2.43. The van der Waals surface area contributed by atoms with Crippen molar-refractivity contribution in [2.75, 3.05) is 0 Å². The molecule has 0 aromatic heterocycles. The highest BCUT2D eigenvalue weighted by Crippen LogP contribution is 2.27. The van der Waals surface area contributed by atoms with Crippen LogP contribution in [-0.4, -0.2) is 36.5 Å². The predicted molar refractivity (Wildman–Crippen MR) is 72.2 cm³/mol. The molecule has 0 bridgehead atoms. The van der Waals surface area contributed by atoms with Gasteiger partial charge < -0.3 is 0 Å². The fourth-order valence-electron chi connectivity index (χ4n) is 4.46. The van der Waals surface area contributed by atoms with Crippen LogP contribution in [0.3, 0.4) is 0 Å². The number of fused-ring (bicyclic) bond motifs is 3. The van der Waals surface area contributed by atoms with Crippen molar-refractivity contribution >= 4 is 0 Å². The van der Waals surface area contributed by atoms with Gasteiger partial charge >= 0.3 is 0 Å². The Morgan fingerprint density at radius 2 is 0.722 bits per heavy atom. The number of nitrogens with one attached hydrogen (secondary N) is 4. The highest BCUT2D eigenvalue weighted by atomic mass is 15.4. The maximum absolute atomic E-state index is 3.85. The second-order valence-corrected chi connectivity index (χ2v) is 6.62. The third kappa shape index (κ3) is 1.99. The molecule has 0 spiro atoms. The van der Waals surface area contributed by atoms with E-state index in [1.165, 1.54) is 51.4 Å². The lowest BCUT2D eigenvalue weighted by Gasteiger charge is -2.53. The molecule has 4 N–H and O–H groups in total. The molecule has 18 heavy (non-hydrogen) atoms. The van der Waals surface area contributed by atoms with Crippen LogP contribution >= 0.6 is 0 Å². The van der Waals surface area contributed by atoms with Gasteiger partial charge in [0.05, 0.1) is 12.3 Å². The molecule has 2 aliphatic carbocycles. The van der Waals surface area contributed by atoms with Crippen molar-refractivity contribution in [3.8, 4) is 0 Å². The second kappa shape index (κ2) is 4.75. The minimum Gasteiger partial charge on any atom is -0.295 e. The molecule has 0 radical (unpaired) electrons. The summed E-state index contributed by atoms with van der Waals surface area (Å²) in [4.78, 5) is 0. The summed E-state index contributed by atoms with van der Waals surface area (Å²) in [5.41, 5.74) is 0. The molecule has 2 heterocycles. The lowest BCUT2D eigenvalue weighted by atomic mass is 9.84. The maximum atomic E-state index is 3.85. The summed E-state index contributed by atoms with van der Waals surface area (Å²) in [6, 6.07) is 2.76. The van der Waals surface area contributed by atoms with Crippen LogP contribution in [0.4, 0.5) is 0 Å². The number of rotatable bonds is 0. The van der Waals surface area contributed by atoms with Crippen molar-refractivity contribution < 1.29 is 0 Å². The molecule has 0 amide bonds. The number of hydrogen-bond acceptors (Lipinski definition) is 4. The van der Waals surface area contributed by atoms with Crippen LogP contribution in [0.25, 0.3) is 0 Å². The molecule has 0 aromatic rings. The summed E-state index contributed by atoms with van der Waals surface area (Å²) in [6.45, 7) is 0. The molecule has 4 rings (SSSR count). The Kier molecular flexibility index (Phi) is 3.07. The van der Waals surface area contributed by atoms with Crippen LogP contribution < -0.4 is 21.3 Å². The standard InChI is InChI=1S/C14H26N4/c1-2-6-10-9(5-1)15-13-14(16-10)18-12-8-4-3-7-11(12)17-13/h9-18H,1-8H2/t9-,10-,11-,12-,13?,14?/m0/s1. The lowest BCUT2D eigenvalue weighted by Crippen LogP contribution is -2.80. The smallest absolute Gasteiger partial charge is 0.0871 e. The minimum atomic E-state index is 0.434. The summed E-state index contributed by atoms with van der Waals surface area (Å²) in [6.07, 6.45) is 11.8. The Balaban J connectivity index is 1.46. The zero-order valence-corrected chi connectivity index (χ0v) is 11.1. The van der Waals surface area contributed by atoms with E-state index in [2.05, 4.69) is 21.3 Å². The number of piperazine rings is 2. The molecule has 0 aromatic carbocycles. The normalized spacial score (nSPS) is 52.0. The molecular formula is C14H26N4. The molecule has 2 aliphatic heterocycles. The van der Waals surface area contributed by atoms with E-state index in [1.807, 2.05) is 0 Å². The fraction of sp³-hybridized carbons (Fsp3) is 1.00. The summed E-state index contributed by atoms with van der Waals surface area (Å²) < 4.78 is 0. The first-order valence-electron chi connectivity index (χ1n) is 7.94. The topological polar surface area (TPSA) is 48.1 Å². The molecule has 2 saturated carbocycles. The summed E-state index contributed by atoms with van der Waals surface area (Å²) in [5.74, 6) is 0. The molecule has 102 valence electrons. The molecule has 4 aliphatic rings. The van der Waals surface area contributed by atoms with E-state index in [4.69, 9.17) is 0 Å². The van der Waals surface area contributed by atoms with Gasteiger partial charge in [0, 0.05) is 24.2 Å². The molecular weight excluding hydrogens is 224 g/mol. The summed E-state index contributed by atoms with van der Waals surface area (Å²) in [7, 11) is 0. The molecule has 2 saturated heterocycles. The van der Waals surface area contributed by atoms with Gasteiger partial charge in [-0.05, 0) is 25.7 Å². The lowest BCUT2D eigenvalue weighted by molar-refractivity contribution is 0.0637. The van der Waals surface area contributed by atoms with Crippen molar-refractivity contribution in [1.29, 1.82) is 0 Å². The maximum Gasteiger partial charge on any atom is 0.0871 e. The molecule has 4 fully saturated rings. The zero-order valence-electron chi connectivity index (χ0n) is 11.1. The van der Waals surface area contributed by atoms with Gasteiger partial charge in [-0.1, -0.05) is 25.7 Å². The molecule has 4 nitrogen and oxygen atoms in total. The largest absolute Gasteiger partial charge is 0.295 e. The van der Waals surface area contributed by atoms with Gasteiger partial charge in [0.25, 0.3) is 0 Å².